The van der Waals surface area contributed by atoms with E-state index in [0.717, 1.165) is 51.6 Å². The van der Waals surface area contributed by atoms with E-state index in [1.54, 1.807) is 0 Å². The van der Waals surface area contributed by atoms with E-state index in [1.807, 2.05) is 48.5 Å². The van der Waals surface area contributed by atoms with E-state index in [2.05, 4.69) is 68.3 Å². The molecule has 0 aliphatic heterocycles. The monoisotopic (exact) mass is 768 g/mol. The summed E-state index contributed by atoms with van der Waals surface area (Å²) in [6.07, 6.45) is 6.44. The molecule has 1 saturated carbocycles. The zero-order valence-corrected chi connectivity index (χ0v) is 31.6. The molecule has 4 aromatic carbocycles. The topological polar surface area (TPSA) is 124 Å². The van der Waals surface area contributed by atoms with Gasteiger partial charge in [-0.15, -0.1) is 0 Å². The molecule has 10 nitrogen and oxygen atoms in total. The Labute approximate surface area is 332 Å². The molecule has 0 saturated heterocycles. The van der Waals surface area contributed by atoms with Gasteiger partial charge < -0.3 is 28.4 Å². The summed E-state index contributed by atoms with van der Waals surface area (Å²) in [7, 11) is 0. The highest BCUT2D eigenvalue weighted by Gasteiger charge is 2.45. The van der Waals surface area contributed by atoms with Gasteiger partial charge in [0.1, 0.15) is 50.1 Å². The maximum Gasteiger partial charge on any atom is 0.337 e. The fraction of sp³-hybridized carbons (Fsp3) is 0.234. The number of esters is 4. The fourth-order valence-corrected chi connectivity index (χ4v) is 7.29. The van der Waals surface area contributed by atoms with Crippen LogP contribution in [0.15, 0.2) is 147 Å². The number of hydrogen-bond donors (Lipinski definition) is 0. The van der Waals surface area contributed by atoms with E-state index in [1.165, 1.54) is 6.08 Å². The molecule has 0 bridgehead atoms. The maximum absolute atomic E-state index is 12.5. The third kappa shape index (κ3) is 9.41. The Morgan fingerprint density at radius 1 is 0.561 bits per heavy atom. The zero-order chi connectivity index (χ0) is 40.2. The summed E-state index contributed by atoms with van der Waals surface area (Å²) >= 11 is 0. The Morgan fingerprint density at radius 3 is 1.51 bits per heavy atom. The van der Waals surface area contributed by atoms with Crippen molar-refractivity contribution in [3.63, 3.8) is 0 Å². The van der Waals surface area contributed by atoms with Crippen LogP contribution in [0, 0.1) is 0 Å². The van der Waals surface area contributed by atoms with Crippen molar-refractivity contribution in [2.24, 2.45) is 0 Å². The van der Waals surface area contributed by atoms with Crippen LogP contribution in [0.2, 0.25) is 0 Å². The molecule has 292 valence electrons. The molecule has 0 atom stereocenters. The van der Waals surface area contributed by atoms with Crippen LogP contribution in [0.3, 0.4) is 0 Å². The largest absolute Gasteiger partial charge is 0.490 e. The lowest BCUT2D eigenvalue weighted by Crippen LogP contribution is -2.29. The molecule has 0 unspecified atom stereocenters. The molecule has 0 amide bonds. The van der Waals surface area contributed by atoms with Crippen LogP contribution in [0.1, 0.15) is 47.9 Å². The van der Waals surface area contributed by atoms with Gasteiger partial charge in [0, 0.05) is 18.2 Å². The first kappa shape index (κ1) is 40.0. The number of carbonyl (C=O) groups is 4. The van der Waals surface area contributed by atoms with E-state index in [0.29, 0.717) is 37.2 Å². The van der Waals surface area contributed by atoms with Crippen molar-refractivity contribution in [2.45, 2.75) is 43.3 Å². The van der Waals surface area contributed by atoms with Gasteiger partial charge in [0.2, 0.25) is 0 Å². The molecular formula is C47H44O10. The van der Waals surface area contributed by atoms with Crippen LogP contribution in [0.25, 0.3) is 11.1 Å². The van der Waals surface area contributed by atoms with E-state index in [9.17, 15) is 19.2 Å². The Kier molecular flexibility index (Phi) is 13.2. The zero-order valence-electron chi connectivity index (χ0n) is 31.6. The van der Waals surface area contributed by atoms with Gasteiger partial charge in [-0.2, -0.15) is 0 Å². The minimum Gasteiger partial charge on any atom is -0.490 e. The van der Waals surface area contributed by atoms with Crippen LogP contribution in [-0.2, 0) is 43.5 Å². The number of ether oxygens (including phenoxy) is 6. The molecule has 0 spiro atoms. The first-order valence-electron chi connectivity index (χ1n) is 18.8. The molecule has 0 heterocycles. The van der Waals surface area contributed by atoms with E-state index in [-0.39, 0.29) is 44.2 Å². The summed E-state index contributed by atoms with van der Waals surface area (Å²) in [5.74, 6) is -0.997. The Hall–Kier alpha value is -6.68. The van der Waals surface area contributed by atoms with Gasteiger partial charge in [0.25, 0.3) is 0 Å². The third-order valence-electron chi connectivity index (χ3n) is 9.91. The van der Waals surface area contributed by atoms with Crippen molar-refractivity contribution in [1.29, 1.82) is 0 Å². The predicted octanol–water partition coefficient (Wildman–Crippen LogP) is 7.78. The van der Waals surface area contributed by atoms with Crippen molar-refractivity contribution < 1.29 is 47.6 Å². The van der Waals surface area contributed by atoms with Crippen molar-refractivity contribution in [2.75, 3.05) is 26.4 Å². The van der Waals surface area contributed by atoms with Crippen LogP contribution in [0.5, 0.6) is 11.5 Å². The highest BCUT2D eigenvalue weighted by Crippen LogP contribution is 2.56. The molecular weight excluding hydrogens is 725 g/mol. The summed E-state index contributed by atoms with van der Waals surface area (Å²) in [4.78, 5) is 47.7. The minimum absolute atomic E-state index is 0.00705. The Morgan fingerprint density at radius 2 is 1.02 bits per heavy atom. The highest BCUT2D eigenvalue weighted by molar-refractivity contribution is 5.93. The molecule has 2 aliphatic carbocycles. The Bertz CT molecular complexity index is 2090. The molecule has 1 fully saturated rings. The second kappa shape index (κ2) is 18.8. The lowest BCUT2D eigenvalue weighted by Gasteiger charge is -2.34. The first-order chi connectivity index (χ1) is 27.7. The maximum atomic E-state index is 12.5. The van der Waals surface area contributed by atoms with Gasteiger partial charge in [0.15, 0.2) is 0 Å². The van der Waals surface area contributed by atoms with Gasteiger partial charge in [-0.05, 0) is 89.4 Å². The molecule has 6 rings (SSSR count). The highest BCUT2D eigenvalue weighted by atomic mass is 16.6. The smallest absolute Gasteiger partial charge is 0.337 e. The molecule has 0 N–H and O–H groups in total. The second-order valence-corrected chi connectivity index (χ2v) is 13.4. The Balaban J connectivity index is 1.06. The lowest BCUT2D eigenvalue weighted by molar-refractivity contribution is -0.151. The average molecular weight is 769 g/mol. The third-order valence-corrected chi connectivity index (χ3v) is 9.91. The molecule has 10 heteroatoms. The second-order valence-electron chi connectivity index (χ2n) is 13.4. The standard InChI is InChI=1S/C47H44O10/c1-4-43(48)54-30-28-52-35-19-15-33(16-20-35)47(41-12-8-6-10-39(41)40-11-7-9-13-42(40)47)34-17-21-36(22-18-34)53-29-31-55-46(51)32(3)14-27-45(50)57-38-25-23-37(24-26-38)56-44(49)5-2/h4-22,27,37-38H,1-3,23-26,28-31H2/b27-14+. The number of hydrogen-bond acceptors (Lipinski definition) is 10. The number of rotatable bonds is 17. The molecule has 0 radical (unpaired) electrons. The lowest BCUT2D eigenvalue weighted by atomic mass is 9.68. The number of benzene rings is 4. The molecule has 2 aliphatic rings. The van der Waals surface area contributed by atoms with Gasteiger partial charge in [-0.3, -0.25) is 0 Å². The number of fused-ring (bicyclic) bond motifs is 3. The summed E-state index contributed by atoms with van der Waals surface area (Å²) in [6, 6.07) is 32.7. The van der Waals surface area contributed by atoms with Gasteiger partial charge in [-0.1, -0.05) is 92.5 Å². The molecule has 57 heavy (non-hydrogen) atoms. The minimum atomic E-state index is -0.685. The number of carbonyl (C=O) groups excluding carboxylic acids is 4. The van der Waals surface area contributed by atoms with Crippen molar-refractivity contribution in [3.05, 3.63) is 169 Å². The fourth-order valence-electron chi connectivity index (χ4n) is 7.29. The van der Waals surface area contributed by atoms with Crippen LogP contribution < -0.4 is 9.47 Å². The summed E-state index contributed by atoms with van der Waals surface area (Å²) in [5.41, 5.74) is 6.04. The van der Waals surface area contributed by atoms with Crippen molar-refractivity contribution in [1.82, 2.24) is 0 Å². The SMILES string of the molecule is C=CC(=O)OCCOc1ccc(C2(c3ccc(OCCOC(=O)C(=C)/C=C/C(=O)OC4CCC(OC(=O)C=C)CC4)cc3)c3ccccc3-c3ccccc32)cc1. The van der Waals surface area contributed by atoms with Crippen molar-refractivity contribution >= 4 is 23.9 Å². The van der Waals surface area contributed by atoms with Crippen LogP contribution >= 0.6 is 0 Å². The summed E-state index contributed by atoms with van der Waals surface area (Å²) < 4.78 is 32.9. The normalized spacial score (nSPS) is 16.3. The van der Waals surface area contributed by atoms with E-state index < -0.39 is 29.3 Å². The quantitative estimate of drug-likeness (QED) is 0.0305. The van der Waals surface area contributed by atoms with E-state index >= 15 is 0 Å². The van der Waals surface area contributed by atoms with Crippen LogP contribution in [-0.4, -0.2) is 62.5 Å². The van der Waals surface area contributed by atoms with Gasteiger partial charge in [-0.25, -0.2) is 19.2 Å². The summed E-state index contributed by atoms with van der Waals surface area (Å²) in [5, 5.41) is 0. The first-order valence-corrected chi connectivity index (χ1v) is 18.8. The molecule has 0 aromatic heterocycles. The van der Waals surface area contributed by atoms with Crippen molar-refractivity contribution in [3.8, 4) is 22.6 Å². The van der Waals surface area contributed by atoms with Gasteiger partial charge in [0.05, 0.1) is 11.0 Å². The molecule has 4 aromatic rings. The average Bonchev–Trinajstić information content (AvgIpc) is 3.55. The van der Waals surface area contributed by atoms with E-state index in [4.69, 9.17) is 28.4 Å². The van der Waals surface area contributed by atoms with Gasteiger partial charge >= 0.3 is 23.9 Å². The summed E-state index contributed by atoms with van der Waals surface area (Å²) in [6.45, 7) is 10.9. The van der Waals surface area contributed by atoms with Crippen LogP contribution in [0.4, 0.5) is 0 Å². The predicted molar refractivity (Wildman–Crippen MR) is 214 cm³/mol.